The summed E-state index contributed by atoms with van der Waals surface area (Å²) >= 11 is 0. The molecule has 17 heavy (non-hydrogen) atoms. The molecule has 0 spiro atoms. The zero-order chi connectivity index (χ0) is 12.1. The number of hydrogen-bond donors (Lipinski definition) is 1. The lowest BCUT2D eigenvalue weighted by Crippen LogP contribution is -2.50. The molecule has 100 valence electrons. The van der Waals surface area contributed by atoms with Gasteiger partial charge in [0.1, 0.15) is 0 Å². The summed E-state index contributed by atoms with van der Waals surface area (Å²) in [6.07, 6.45) is 3.09. The van der Waals surface area contributed by atoms with Crippen LogP contribution in [0.5, 0.6) is 0 Å². The standard InChI is InChI=1S/C13H26N2O2/c1-3-12-10-17-11(2)9-15(12)6-4-13-8-14-5-7-16-13/h11-14H,3-10H2,1-2H3. The third-order valence-corrected chi connectivity index (χ3v) is 3.80. The molecule has 2 fully saturated rings. The third-order valence-electron chi connectivity index (χ3n) is 3.80. The molecule has 3 unspecified atom stereocenters. The lowest BCUT2D eigenvalue weighted by Gasteiger charge is -2.39. The van der Waals surface area contributed by atoms with E-state index >= 15 is 0 Å². The average molecular weight is 242 g/mol. The largest absolute Gasteiger partial charge is 0.376 e. The van der Waals surface area contributed by atoms with Gasteiger partial charge in [0, 0.05) is 32.2 Å². The second-order valence-corrected chi connectivity index (χ2v) is 5.19. The van der Waals surface area contributed by atoms with E-state index in [4.69, 9.17) is 9.47 Å². The van der Waals surface area contributed by atoms with E-state index in [-0.39, 0.29) is 0 Å². The number of ether oxygens (including phenoxy) is 2. The number of nitrogens with one attached hydrogen (secondary N) is 1. The minimum Gasteiger partial charge on any atom is -0.376 e. The van der Waals surface area contributed by atoms with Crippen molar-refractivity contribution in [1.82, 2.24) is 10.2 Å². The predicted molar refractivity (Wildman–Crippen MR) is 68.3 cm³/mol. The van der Waals surface area contributed by atoms with Crippen LogP contribution in [0, 0.1) is 0 Å². The fourth-order valence-electron chi connectivity index (χ4n) is 2.68. The van der Waals surface area contributed by atoms with Gasteiger partial charge in [0.2, 0.25) is 0 Å². The molecule has 2 rings (SSSR count). The quantitative estimate of drug-likeness (QED) is 0.793. The summed E-state index contributed by atoms with van der Waals surface area (Å²) in [4.78, 5) is 2.58. The van der Waals surface area contributed by atoms with Crippen LogP contribution in [0.3, 0.4) is 0 Å². The first-order chi connectivity index (χ1) is 8.29. The predicted octanol–water partition coefficient (Wildman–Crippen LogP) is 0.864. The van der Waals surface area contributed by atoms with Gasteiger partial charge in [-0.05, 0) is 19.8 Å². The highest BCUT2D eigenvalue weighted by atomic mass is 16.5. The van der Waals surface area contributed by atoms with Crippen molar-refractivity contribution in [1.29, 1.82) is 0 Å². The zero-order valence-corrected chi connectivity index (χ0v) is 11.2. The lowest BCUT2D eigenvalue weighted by atomic mass is 10.1. The Bertz CT molecular complexity index is 219. The van der Waals surface area contributed by atoms with E-state index in [9.17, 15) is 0 Å². The minimum absolute atomic E-state index is 0.378. The number of nitrogens with zero attached hydrogens (tertiary/aromatic N) is 1. The van der Waals surface area contributed by atoms with Gasteiger partial charge >= 0.3 is 0 Å². The Labute approximate surface area is 105 Å². The molecule has 0 aromatic rings. The van der Waals surface area contributed by atoms with E-state index in [1.807, 2.05) is 0 Å². The SMILES string of the molecule is CCC1COC(C)CN1CCC1CNCCO1. The molecule has 2 saturated heterocycles. The van der Waals surface area contributed by atoms with E-state index < -0.39 is 0 Å². The lowest BCUT2D eigenvalue weighted by molar-refractivity contribution is -0.0631. The van der Waals surface area contributed by atoms with Gasteiger partial charge in [-0.3, -0.25) is 4.90 Å². The fourth-order valence-corrected chi connectivity index (χ4v) is 2.68. The first-order valence-electron chi connectivity index (χ1n) is 6.97. The van der Waals surface area contributed by atoms with Crippen molar-refractivity contribution in [2.45, 2.75) is 44.9 Å². The van der Waals surface area contributed by atoms with Gasteiger partial charge in [0.15, 0.2) is 0 Å². The Hall–Kier alpha value is -0.160. The third kappa shape index (κ3) is 3.91. The van der Waals surface area contributed by atoms with Crippen molar-refractivity contribution in [2.24, 2.45) is 0 Å². The molecule has 2 aliphatic heterocycles. The molecule has 3 atom stereocenters. The van der Waals surface area contributed by atoms with Crippen LogP contribution in [-0.4, -0.2) is 62.5 Å². The van der Waals surface area contributed by atoms with E-state index in [0.29, 0.717) is 18.2 Å². The van der Waals surface area contributed by atoms with Crippen LogP contribution in [0.15, 0.2) is 0 Å². The summed E-state index contributed by atoms with van der Waals surface area (Å²) in [5.41, 5.74) is 0. The molecular weight excluding hydrogens is 216 g/mol. The number of morpholine rings is 2. The average Bonchev–Trinajstić information content (AvgIpc) is 2.38. The molecule has 0 aromatic carbocycles. The normalized spacial score (nSPS) is 36.0. The molecule has 0 amide bonds. The van der Waals surface area contributed by atoms with Crippen LogP contribution >= 0.6 is 0 Å². The molecule has 0 radical (unpaired) electrons. The molecule has 0 saturated carbocycles. The van der Waals surface area contributed by atoms with Crippen molar-refractivity contribution in [2.75, 3.05) is 39.4 Å². The van der Waals surface area contributed by atoms with Crippen molar-refractivity contribution >= 4 is 0 Å². The summed E-state index contributed by atoms with van der Waals surface area (Å²) in [5.74, 6) is 0. The maximum atomic E-state index is 5.74. The summed E-state index contributed by atoms with van der Waals surface area (Å²) in [5, 5.41) is 3.39. The summed E-state index contributed by atoms with van der Waals surface area (Å²) < 4.78 is 11.5. The van der Waals surface area contributed by atoms with Gasteiger partial charge in [-0.25, -0.2) is 0 Å². The van der Waals surface area contributed by atoms with Gasteiger partial charge in [0.05, 0.1) is 25.4 Å². The van der Waals surface area contributed by atoms with Crippen molar-refractivity contribution in [3.63, 3.8) is 0 Å². The molecule has 4 nitrogen and oxygen atoms in total. The molecular formula is C13H26N2O2. The summed E-state index contributed by atoms with van der Waals surface area (Å²) in [6.45, 7) is 10.4. The Balaban J connectivity index is 1.74. The highest BCUT2D eigenvalue weighted by molar-refractivity contribution is 4.79. The Morgan fingerprint density at radius 1 is 1.35 bits per heavy atom. The highest BCUT2D eigenvalue weighted by Gasteiger charge is 2.26. The van der Waals surface area contributed by atoms with Crippen LogP contribution in [0.4, 0.5) is 0 Å². The van der Waals surface area contributed by atoms with Crippen LogP contribution in [0.2, 0.25) is 0 Å². The fraction of sp³-hybridized carbons (Fsp3) is 1.00. The van der Waals surface area contributed by atoms with Crippen LogP contribution in [0.1, 0.15) is 26.7 Å². The minimum atomic E-state index is 0.378. The smallest absolute Gasteiger partial charge is 0.0712 e. The van der Waals surface area contributed by atoms with Crippen molar-refractivity contribution in [3.8, 4) is 0 Å². The molecule has 0 aliphatic carbocycles. The van der Waals surface area contributed by atoms with E-state index in [2.05, 4.69) is 24.1 Å². The summed E-state index contributed by atoms with van der Waals surface area (Å²) in [7, 11) is 0. The monoisotopic (exact) mass is 242 g/mol. The Kier molecular flexibility index (Phi) is 5.22. The van der Waals surface area contributed by atoms with Gasteiger partial charge < -0.3 is 14.8 Å². The molecule has 1 N–H and O–H groups in total. The maximum absolute atomic E-state index is 5.74. The van der Waals surface area contributed by atoms with Gasteiger partial charge in [-0.2, -0.15) is 0 Å². The Morgan fingerprint density at radius 2 is 2.24 bits per heavy atom. The van der Waals surface area contributed by atoms with Crippen LogP contribution < -0.4 is 5.32 Å². The second-order valence-electron chi connectivity index (χ2n) is 5.19. The van der Waals surface area contributed by atoms with Crippen molar-refractivity contribution < 1.29 is 9.47 Å². The molecule has 4 heteroatoms. The van der Waals surface area contributed by atoms with Crippen LogP contribution in [0.25, 0.3) is 0 Å². The van der Waals surface area contributed by atoms with Gasteiger partial charge in [-0.15, -0.1) is 0 Å². The van der Waals surface area contributed by atoms with Gasteiger partial charge in [0.25, 0.3) is 0 Å². The van der Waals surface area contributed by atoms with E-state index in [1.165, 1.54) is 6.42 Å². The van der Waals surface area contributed by atoms with Gasteiger partial charge in [-0.1, -0.05) is 6.92 Å². The topological polar surface area (TPSA) is 33.7 Å². The maximum Gasteiger partial charge on any atom is 0.0712 e. The zero-order valence-electron chi connectivity index (χ0n) is 11.2. The van der Waals surface area contributed by atoms with E-state index in [0.717, 1.165) is 45.8 Å². The molecule has 0 aromatic heterocycles. The summed E-state index contributed by atoms with van der Waals surface area (Å²) in [6, 6.07) is 0.600. The molecule has 0 bridgehead atoms. The first kappa shape index (κ1) is 13.3. The first-order valence-corrected chi connectivity index (χ1v) is 6.97. The van der Waals surface area contributed by atoms with Crippen molar-refractivity contribution in [3.05, 3.63) is 0 Å². The molecule has 2 heterocycles. The second kappa shape index (κ2) is 6.69. The highest BCUT2D eigenvalue weighted by Crippen LogP contribution is 2.15. The van der Waals surface area contributed by atoms with E-state index in [1.54, 1.807) is 0 Å². The van der Waals surface area contributed by atoms with Crippen LogP contribution in [-0.2, 0) is 9.47 Å². The Morgan fingerprint density at radius 3 is 2.94 bits per heavy atom. The number of rotatable bonds is 4. The number of hydrogen-bond acceptors (Lipinski definition) is 4. The molecule has 2 aliphatic rings.